The molecule has 8 heteroatoms. The minimum Gasteiger partial charge on any atom is -0.436 e. The number of amides is 2. The first kappa shape index (κ1) is 21.6. The predicted octanol–water partition coefficient (Wildman–Crippen LogP) is 2.86. The van der Waals surface area contributed by atoms with Crippen molar-refractivity contribution in [3.8, 4) is 0 Å². The SMILES string of the molecule is Cc1nc(C)c(C(=O)N2CC[C@@H](c3cc(C(=O)N4CCN(C)CC4)c4ccccc4n3)C2)o1. The second-order valence-electron chi connectivity index (χ2n) is 9.09. The summed E-state index contributed by atoms with van der Waals surface area (Å²) in [6.45, 7) is 7.91. The Balaban J connectivity index is 1.42. The van der Waals surface area contributed by atoms with E-state index in [1.165, 1.54) is 0 Å². The molecule has 8 nitrogen and oxygen atoms in total. The van der Waals surface area contributed by atoms with E-state index in [1.807, 2.05) is 35.2 Å². The number of hydrogen-bond acceptors (Lipinski definition) is 6. The van der Waals surface area contributed by atoms with Gasteiger partial charge in [-0.15, -0.1) is 0 Å². The van der Waals surface area contributed by atoms with Crippen molar-refractivity contribution in [1.29, 1.82) is 0 Å². The Morgan fingerprint density at radius 1 is 0.970 bits per heavy atom. The number of likely N-dealkylation sites (tertiary alicyclic amines) is 1. The van der Waals surface area contributed by atoms with Gasteiger partial charge >= 0.3 is 0 Å². The third-order valence-electron chi connectivity index (χ3n) is 6.75. The number of aromatic nitrogens is 2. The van der Waals surface area contributed by atoms with Crippen LogP contribution in [0.4, 0.5) is 0 Å². The molecule has 0 unspecified atom stereocenters. The second-order valence-corrected chi connectivity index (χ2v) is 9.09. The Morgan fingerprint density at radius 3 is 2.45 bits per heavy atom. The molecule has 0 radical (unpaired) electrons. The molecule has 2 saturated heterocycles. The molecule has 2 aliphatic heterocycles. The summed E-state index contributed by atoms with van der Waals surface area (Å²) >= 11 is 0. The van der Waals surface area contributed by atoms with Crippen LogP contribution < -0.4 is 0 Å². The van der Waals surface area contributed by atoms with Gasteiger partial charge < -0.3 is 19.1 Å². The molecule has 5 rings (SSSR count). The van der Waals surface area contributed by atoms with Gasteiger partial charge in [0, 0.05) is 63.2 Å². The fraction of sp³-hybridized carbons (Fsp3) is 0.440. The molecule has 2 aromatic heterocycles. The number of benzene rings is 1. The van der Waals surface area contributed by atoms with E-state index in [0.717, 1.165) is 49.2 Å². The van der Waals surface area contributed by atoms with Gasteiger partial charge in [0.05, 0.1) is 16.8 Å². The summed E-state index contributed by atoms with van der Waals surface area (Å²) in [7, 11) is 2.08. The van der Waals surface area contributed by atoms with E-state index in [1.54, 1.807) is 18.7 Å². The van der Waals surface area contributed by atoms with Crippen molar-refractivity contribution in [2.75, 3.05) is 46.3 Å². The molecule has 0 N–H and O–H groups in total. The minimum atomic E-state index is -0.134. The van der Waals surface area contributed by atoms with Gasteiger partial charge in [0.25, 0.3) is 11.8 Å². The van der Waals surface area contributed by atoms with E-state index in [0.29, 0.717) is 36.0 Å². The van der Waals surface area contributed by atoms with Crippen LogP contribution in [0.5, 0.6) is 0 Å². The smallest absolute Gasteiger partial charge is 0.291 e. The molecule has 2 fully saturated rings. The van der Waals surface area contributed by atoms with E-state index in [4.69, 9.17) is 9.40 Å². The standard InChI is InChI=1S/C25H29N5O3/c1-16-23(33-17(2)26-16)25(32)30-9-8-18(15-30)22-14-20(19-6-4-5-7-21(19)27-22)24(31)29-12-10-28(3)11-13-29/h4-7,14,18H,8-13,15H2,1-3H3/t18-/m1/s1. The van der Waals surface area contributed by atoms with E-state index < -0.39 is 0 Å². The molecule has 0 aliphatic carbocycles. The third kappa shape index (κ3) is 4.11. The highest BCUT2D eigenvalue weighted by Gasteiger charge is 2.32. The van der Waals surface area contributed by atoms with Crippen LogP contribution in [0, 0.1) is 13.8 Å². The molecule has 1 atom stereocenters. The lowest BCUT2D eigenvalue weighted by Crippen LogP contribution is -2.47. The highest BCUT2D eigenvalue weighted by atomic mass is 16.4. The average molecular weight is 448 g/mol. The maximum atomic E-state index is 13.5. The van der Waals surface area contributed by atoms with E-state index in [-0.39, 0.29) is 17.7 Å². The van der Waals surface area contributed by atoms with Crippen molar-refractivity contribution in [3.63, 3.8) is 0 Å². The van der Waals surface area contributed by atoms with Crippen molar-refractivity contribution in [2.24, 2.45) is 0 Å². The second kappa shape index (κ2) is 8.59. The van der Waals surface area contributed by atoms with Crippen LogP contribution in [-0.2, 0) is 0 Å². The first-order valence-corrected chi connectivity index (χ1v) is 11.5. The van der Waals surface area contributed by atoms with Gasteiger partial charge in [0.15, 0.2) is 5.89 Å². The highest BCUT2D eigenvalue weighted by molar-refractivity contribution is 6.06. The van der Waals surface area contributed by atoms with E-state index in [9.17, 15) is 9.59 Å². The average Bonchev–Trinajstić information content (AvgIpc) is 3.44. The maximum absolute atomic E-state index is 13.5. The number of likely N-dealkylation sites (N-methyl/N-ethyl adjacent to an activating group) is 1. The van der Waals surface area contributed by atoms with Crippen LogP contribution in [0.2, 0.25) is 0 Å². The molecule has 2 amide bonds. The number of hydrogen-bond donors (Lipinski definition) is 0. The Labute approximate surface area is 193 Å². The topological polar surface area (TPSA) is 82.8 Å². The van der Waals surface area contributed by atoms with Crippen LogP contribution in [0.15, 0.2) is 34.7 Å². The zero-order valence-corrected chi connectivity index (χ0v) is 19.4. The lowest BCUT2D eigenvalue weighted by molar-refractivity contribution is 0.0665. The lowest BCUT2D eigenvalue weighted by atomic mass is 9.98. The first-order valence-electron chi connectivity index (χ1n) is 11.5. The van der Waals surface area contributed by atoms with Gasteiger partial charge in [0.1, 0.15) is 0 Å². The first-order chi connectivity index (χ1) is 15.9. The van der Waals surface area contributed by atoms with Gasteiger partial charge in [-0.05, 0) is 32.5 Å². The van der Waals surface area contributed by atoms with E-state index >= 15 is 0 Å². The molecule has 4 heterocycles. The summed E-state index contributed by atoms with van der Waals surface area (Å²) in [6, 6.07) is 9.77. The molecular weight excluding hydrogens is 418 g/mol. The molecule has 33 heavy (non-hydrogen) atoms. The van der Waals surface area contributed by atoms with E-state index in [2.05, 4.69) is 16.9 Å². The van der Waals surface area contributed by atoms with Crippen LogP contribution >= 0.6 is 0 Å². The highest BCUT2D eigenvalue weighted by Crippen LogP contribution is 2.31. The number of nitrogens with zero attached hydrogens (tertiary/aromatic N) is 5. The van der Waals surface area contributed by atoms with Gasteiger partial charge in [-0.3, -0.25) is 14.6 Å². The monoisotopic (exact) mass is 447 g/mol. The fourth-order valence-corrected chi connectivity index (χ4v) is 4.82. The summed E-state index contributed by atoms with van der Waals surface area (Å²) in [6.07, 6.45) is 0.797. The molecule has 0 bridgehead atoms. The molecule has 1 aromatic carbocycles. The number of fused-ring (bicyclic) bond motifs is 1. The summed E-state index contributed by atoms with van der Waals surface area (Å²) < 4.78 is 5.54. The molecule has 3 aromatic rings. The molecule has 0 saturated carbocycles. The number of pyridine rings is 1. The van der Waals surface area contributed by atoms with Crippen molar-refractivity contribution >= 4 is 22.7 Å². The summed E-state index contributed by atoms with van der Waals surface area (Å²) in [5.41, 5.74) is 3.00. The van der Waals surface area contributed by atoms with Gasteiger partial charge in [-0.2, -0.15) is 0 Å². The number of piperazine rings is 1. The Hall–Kier alpha value is -3.26. The van der Waals surface area contributed by atoms with Crippen molar-refractivity contribution in [2.45, 2.75) is 26.2 Å². The van der Waals surface area contributed by atoms with Crippen LogP contribution in [0.1, 0.15) is 50.5 Å². The number of aryl methyl sites for hydroxylation is 2. The third-order valence-corrected chi connectivity index (χ3v) is 6.75. The molecule has 172 valence electrons. The van der Waals surface area contributed by atoms with Crippen LogP contribution in [0.25, 0.3) is 10.9 Å². The Kier molecular flexibility index (Phi) is 5.62. The van der Waals surface area contributed by atoms with Crippen molar-refractivity contribution in [1.82, 2.24) is 24.7 Å². The quantitative estimate of drug-likeness (QED) is 0.614. The number of carbonyl (C=O) groups is 2. The summed E-state index contributed by atoms with van der Waals surface area (Å²) in [5.74, 6) is 0.800. The zero-order valence-electron chi connectivity index (χ0n) is 19.4. The molecule has 0 spiro atoms. The molecule has 2 aliphatic rings. The largest absolute Gasteiger partial charge is 0.436 e. The summed E-state index contributed by atoms with van der Waals surface area (Å²) in [5, 5.41) is 0.879. The number of carbonyl (C=O) groups excluding carboxylic acids is 2. The van der Waals surface area contributed by atoms with Gasteiger partial charge in [-0.25, -0.2) is 4.98 Å². The van der Waals surface area contributed by atoms with Crippen molar-refractivity contribution in [3.05, 3.63) is 58.9 Å². The Bertz CT molecular complexity index is 1210. The number of rotatable bonds is 3. The lowest BCUT2D eigenvalue weighted by Gasteiger charge is -2.32. The molecular formula is C25H29N5O3. The van der Waals surface area contributed by atoms with Crippen LogP contribution in [-0.4, -0.2) is 82.8 Å². The zero-order chi connectivity index (χ0) is 23.1. The maximum Gasteiger partial charge on any atom is 0.291 e. The normalized spacial score (nSPS) is 19.4. The predicted molar refractivity (Wildman–Crippen MR) is 124 cm³/mol. The number of oxazole rings is 1. The Morgan fingerprint density at radius 2 is 1.73 bits per heavy atom. The number of para-hydroxylation sites is 1. The van der Waals surface area contributed by atoms with Gasteiger partial charge in [0.2, 0.25) is 5.76 Å². The van der Waals surface area contributed by atoms with Crippen molar-refractivity contribution < 1.29 is 14.0 Å². The van der Waals surface area contributed by atoms with Gasteiger partial charge in [-0.1, -0.05) is 18.2 Å². The fourth-order valence-electron chi connectivity index (χ4n) is 4.82. The van der Waals surface area contributed by atoms with Crippen LogP contribution in [0.3, 0.4) is 0 Å². The summed E-state index contributed by atoms with van der Waals surface area (Å²) in [4.78, 5) is 41.6. The minimum absolute atomic E-state index is 0.0571.